The maximum atomic E-state index is 2.45. The van der Waals surface area contributed by atoms with E-state index in [0.29, 0.717) is 0 Å². The van der Waals surface area contributed by atoms with Gasteiger partial charge in [-0.25, -0.2) is 0 Å². The fourth-order valence-corrected chi connectivity index (χ4v) is 13.3. The van der Waals surface area contributed by atoms with Gasteiger partial charge in [0.25, 0.3) is 0 Å². The third-order valence-electron chi connectivity index (χ3n) is 14.9. The molecular weight excluding hydrogens is 883 g/mol. The van der Waals surface area contributed by atoms with Gasteiger partial charge in [0.2, 0.25) is 0 Å². The second-order valence-corrected chi connectivity index (χ2v) is 21.2. The molecule has 10 aromatic carbocycles. The van der Waals surface area contributed by atoms with Crippen molar-refractivity contribution in [2.45, 2.75) is 20.8 Å². The van der Waals surface area contributed by atoms with E-state index in [9.17, 15) is 0 Å². The minimum atomic E-state index is 1.23. The van der Waals surface area contributed by atoms with Gasteiger partial charge in [0.1, 0.15) is 0 Å². The lowest BCUT2D eigenvalue weighted by atomic mass is 9.86. The van der Waals surface area contributed by atoms with Crippen LogP contribution >= 0.6 is 22.7 Å². The van der Waals surface area contributed by atoms with Crippen LogP contribution in [0, 0.1) is 20.8 Å². The van der Waals surface area contributed by atoms with Crippen molar-refractivity contribution in [3.8, 4) is 75.1 Å². The summed E-state index contributed by atoms with van der Waals surface area (Å²) >= 11 is 3.75. The highest BCUT2D eigenvalue weighted by atomic mass is 32.1. The second-order valence-electron chi connectivity index (χ2n) is 19.0. The van der Waals surface area contributed by atoms with Crippen LogP contribution in [0.25, 0.3) is 135 Å². The van der Waals surface area contributed by atoms with E-state index in [-0.39, 0.29) is 0 Å². The van der Waals surface area contributed by atoms with E-state index in [0.717, 1.165) is 0 Å². The van der Waals surface area contributed by atoms with Crippen molar-refractivity contribution in [1.29, 1.82) is 0 Å². The molecule has 14 rings (SSSR count). The van der Waals surface area contributed by atoms with Crippen LogP contribution in [-0.2, 0) is 0 Å². The van der Waals surface area contributed by atoms with Crippen LogP contribution in [0.5, 0.6) is 0 Å². The molecule has 70 heavy (non-hydrogen) atoms. The van der Waals surface area contributed by atoms with E-state index in [1.165, 1.54) is 151 Å². The largest absolute Gasteiger partial charge is 0.308 e. The van der Waals surface area contributed by atoms with Crippen LogP contribution in [0.1, 0.15) is 16.7 Å². The lowest BCUT2D eigenvalue weighted by molar-refractivity contribution is 1.37. The van der Waals surface area contributed by atoms with Crippen LogP contribution in [-0.4, -0.2) is 4.40 Å². The summed E-state index contributed by atoms with van der Waals surface area (Å²) in [5, 5.41) is 10.2. The SMILES string of the molecule is Cc1ccccc1-c1cc(-c2ccc3cc(-c4ccc(-c5ccc(-c6ccc7cc(-c8cc9c%10ccccc%10n%10c%11ccccc%11c(c8)c9%10)ccc7c6)s5)s4)ccc3c2)cc(-c2ccccc2C)c1C. The van der Waals surface area contributed by atoms with Gasteiger partial charge in [0.05, 0.1) is 16.6 Å². The first kappa shape index (κ1) is 40.9. The van der Waals surface area contributed by atoms with Gasteiger partial charge in [-0.15, -0.1) is 22.7 Å². The topological polar surface area (TPSA) is 4.41 Å². The first-order valence-electron chi connectivity index (χ1n) is 24.1. The fourth-order valence-electron chi connectivity index (χ4n) is 11.2. The van der Waals surface area contributed by atoms with Gasteiger partial charge >= 0.3 is 0 Å². The molecule has 330 valence electrons. The Labute approximate surface area is 415 Å². The van der Waals surface area contributed by atoms with E-state index in [1.54, 1.807) is 0 Å². The Balaban J connectivity index is 0.741. The predicted molar refractivity (Wildman–Crippen MR) is 304 cm³/mol. The van der Waals surface area contributed by atoms with Crippen LogP contribution in [0.4, 0.5) is 0 Å². The third-order valence-corrected chi connectivity index (χ3v) is 17.3. The molecule has 4 aromatic heterocycles. The van der Waals surface area contributed by atoms with E-state index >= 15 is 0 Å². The predicted octanol–water partition coefficient (Wildman–Crippen LogP) is 19.9. The Bertz CT molecular complexity index is 4250. The Morgan fingerprint density at radius 1 is 0.286 bits per heavy atom. The van der Waals surface area contributed by atoms with Gasteiger partial charge in [0, 0.05) is 41.1 Å². The maximum absolute atomic E-state index is 2.45. The summed E-state index contributed by atoms with van der Waals surface area (Å²) in [6, 6.07) is 81.7. The summed E-state index contributed by atoms with van der Waals surface area (Å²) in [6.07, 6.45) is 0. The smallest absolute Gasteiger partial charge is 0.0620 e. The maximum Gasteiger partial charge on any atom is 0.0620 e. The number of nitrogens with zero attached hydrogens (tertiary/aromatic N) is 1. The normalized spacial score (nSPS) is 11.9. The van der Waals surface area contributed by atoms with Gasteiger partial charge < -0.3 is 4.40 Å². The van der Waals surface area contributed by atoms with Crippen LogP contribution in [0.2, 0.25) is 0 Å². The molecule has 14 aromatic rings. The number of rotatable bonds is 7. The summed E-state index contributed by atoms with van der Waals surface area (Å²) in [7, 11) is 0. The molecule has 0 aliphatic heterocycles. The quantitative estimate of drug-likeness (QED) is 0.150. The van der Waals surface area contributed by atoms with Crippen molar-refractivity contribution in [2.24, 2.45) is 0 Å². The number of benzene rings is 10. The molecule has 0 N–H and O–H groups in total. The van der Waals surface area contributed by atoms with E-state index in [2.05, 4.69) is 244 Å². The van der Waals surface area contributed by atoms with Gasteiger partial charge in [-0.05, 0) is 200 Å². The Hall–Kier alpha value is -8.08. The molecule has 0 saturated carbocycles. The molecule has 0 atom stereocenters. The standard InChI is InChI=1S/C67H45NS2/c1-40-12-4-6-14-53(40)57-36-51(37-58(42(57)3)54-15-7-5-13-41(54)2)47-22-20-45-34-49(26-24-43(45)32-47)63-28-30-65(69-63)66-31-29-64(70-66)50-27-25-44-33-48(23-21-46(44)35-50)52-38-59-55-16-8-10-18-61(55)68-62-19-11-9-17-56(62)60(39-52)67(59)68/h4-39H,1-3H3. The average Bonchev–Trinajstić information content (AvgIpc) is 4.22. The first-order valence-corrected chi connectivity index (χ1v) is 25.8. The van der Waals surface area contributed by atoms with E-state index in [4.69, 9.17) is 0 Å². The minimum Gasteiger partial charge on any atom is -0.308 e. The highest BCUT2D eigenvalue weighted by molar-refractivity contribution is 7.25. The zero-order chi connectivity index (χ0) is 46.6. The average molecular weight is 928 g/mol. The number of fused-ring (bicyclic) bond motifs is 8. The molecule has 0 bridgehead atoms. The summed E-state index contributed by atoms with van der Waals surface area (Å²) in [5.74, 6) is 0. The molecule has 0 amide bonds. The van der Waals surface area contributed by atoms with Crippen LogP contribution < -0.4 is 0 Å². The number of aromatic nitrogens is 1. The van der Waals surface area contributed by atoms with Crippen molar-refractivity contribution >= 4 is 82.3 Å². The monoisotopic (exact) mass is 927 g/mol. The number of thiophene rings is 2. The molecule has 0 aliphatic carbocycles. The molecular formula is C67H45NS2. The van der Waals surface area contributed by atoms with Gasteiger partial charge in [-0.3, -0.25) is 0 Å². The molecule has 0 aliphatic rings. The molecule has 0 saturated heterocycles. The molecule has 3 heteroatoms. The first-order chi connectivity index (χ1) is 34.4. The number of hydrogen-bond donors (Lipinski definition) is 0. The highest BCUT2D eigenvalue weighted by Crippen LogP contribution is 2.45. The number of aryl methyl sites for hydroxylation is 2. The van der Waals surface area contributed by atoms with Crippen molar-refractivity contribution in [3.63, 3.8) is 0 Å². The molecule has 0 radical (unpaired) electrons. The molecule has 0 fully saturated rings. The molecule has 0 unspecified atom stereocenters. The van der Waals surface area contributed by atoms with Crippen molar-refractivity contribution in [2.75, 3.05) is 0 Å². The molecule has 1 nitrogen and oxygen atoms in total. The third kappa shape index (κ3) is 6.57. The van der Waals surface area contributed by atoms with Gasteiger partial charge in [-0.2, -0.15) is 0 Å². The summed E-state index contributed by atoms with van der Waals surface area (Å²) in [4.78, 5) is 5.16. The summed E-state index contributed by atoms with van der Waals surface area (Å²) in [5.41, 5.74) is 20.4. The lowest BCUT2D eigenvalue weighted by Crippen LogP contribution is -1.94. The van der Waals surface area contributed by atoms with Crippen LogP contribution in [0.15, 0.2) is 218 Å². The Morgan fingerprint density at radius 2 is 0.671 bits per heavy atom. The Morgan fingerprint density at radius 3 is 1.14 bits per heavy atom. The van der Waals surface area contributed by atoms with Gasteiger partial charge in [0.15, 0.2) is 0 Å². The fraction of sp³-hybridized carbons (Fsp3) is 0.0448. The van der Waals surface area contributed by atoms with Crippen molar-refractivity contribution in [3.05, 3.63) is 235 Å². The second kappa shape index (κ2) is 16.0. The highest BCUT2D eigenvalue weighted by Gasteiger charge is 2.20. The van der Waals surface area contributed by atoms with Crippen LogP contribution in [0.3, 0.4) is 0 Å². The van der Waals surface area contributed by atoms with Crippen molar-refractivity contribution in [1.82, 2.24) is 4.40 Å². The summed E-state index contributed by atoms with van der Waals surface area (Å²) < 4.78 is 2.45. The minimum absolute atomic E-state index is 1.23. The molecule has 0 spiro atoms. The lowest BCUT2D eigenvalue weighted by Gasteiger charge is -2.18. The van der Waals surface area contributed by atoms with Gasteiger partial charge in [-0.1, -0.05) is 133 Å². The summed E-state index contributed by atoms with van der Waals surface area (Å²) in [6.45, 7) is 6.71. The Kier molecular flexibility index (Phi) is 9.36. The molecule has 4 heterocycles. The number of hydrogen-bond acceptors (Lipinski definition) is 2. The zero-order valence-corrected chi connectivity index (χ0v) is 40.7. The van der Waals surface area contributed by atoms with E-state index < -0.39 is 0 Å². The van der Waals surface area contributed by atoms with Crippen molar-refractivity contribution < 1.29 is 0 Å². The number of para-hydroxylation sites is 2. The van der Waals surface area contributed by atoms with E-state index in [1.807, 2.05) is 22.7 Å². The zero-order valence-electron chi connectivity index (χ0n) is 39.0.